The molecule has 0 radical (unpaired) electrons. The molecule has 2 aliphatic rings. The number of carbonyl (C=O) groups excluding carboxylic acids is 2. The summed E-state index contributed by atoms with van der Waals surface area (Å²) in [5.74, 6) is 1.36. The van der Waals surface area contributed by atoms with Crippen LogP contribution in [0.2, 0.25) is 0 Å². The smallest absolute Gasteiger partial charge is 0.331 e. The molecule has 3 heterocycles. The predicted octanol–water partition coefficient (Wildman–Crippen LogP) is 2.33. The zero-order valence-electron chi connectivity index (χ0n) is 16.8. The molecule has 29 heavy (non-hydrogen) atoms. The van der Waals surface area contributed by atoms with Crippen molar-refractivity contribution in [3.63, 3.8) is 0 Å². The van der Waals surface area contributed by atoms with Crippen molar-refractivity contribution in [1.29, 1.82) is 0 Å². The topological polar surface area (TPSA) is 103 Å². The summed E-state index contributed by atoms with van der Waals surface area (Å²) in [6.07, 6.45) is 6.44. The molecule has 0 bridgehead atoms. The second kappa shape index (κ2) is 7.65. The SMILES string of the molecule is Cc1ncc(N[C@H]2CC[C@H](Nc3ccc(N4CC(=O)N(C)C4=O)cn3)C2)nc1C. The maximum Gasteiger partial charge on any atom is 0.331 e. The number of imide groups is 1. The van der Waals surface area contributed by atoms with Crippen molar-refractivity contribution < 1.29 is 9.59 Å². The first-order valence-electron chi connectivity index (χ1n) is 9.78. The largest absolute Gasteiger partial charge is 0.367 e. The quantitative estimate of drug-likeness (QED) is 0.749. The molecule has 1 aliphatic heterocycles. The number of nitrogens with zero attached hydrogens (tertiary/aromatic N) is 5. The van der Waals surface area contributed by atoms with Crippen LogP contribution in [0.4, 0.5) is 22.1 Å². The highest BCUT2D eigenvalue weighted by Gasteiger charge is 2.34. The summed E-state index contributed by atoms with van der Waals surface area (Å²) in [4.78, 5) is 39.6. The van der Waals surface area contributed by atoms with Gasteiger partial charge in [-0.3, -0.25) is 19.6 Å². The monoisotopic (exact) mass is 395 g/mol. The molecule has 2 aromatic heterocycles. The van der Waals surface area contributed by atoms with Crippen LogP contribution in [-0.4, -0.2) is 57.5 Å². The molecule has 2 fully saturated rings. The van der Waals surface area contributed by atoms with Gasteiger partial charge in [0.25, 0.3) is 0 Å². The van der Waals surface area contributed by atoms with Gasteiger partial charge < -0.3 is 10.6 Å². The Balaban J connectivity index is 1.32. The van der Waals surface area contributed by atoms with Crippen LogP contribution in [0.1, 0.15) is 30.7 Å². The molecule has 1 aliphatic carbocycles. The average molecular weight is 395 g/mol. The number of likely N-dealkylation sites (N-methyl/N-ethyl adjacent to an activating group) is 1. The predicted molar refractivity (Wildman–Crippen MR) is 110 cm³/mol. The van der Waals surface area contributed by atoms with E-state index in [1.807, 2.05) is 26.0 Å². The van der Waals surface area contributed by atoms with E-state index in [9.17, 15) is 9.59 Å². The Morgan fingerprint density at radius 2 is 1.69 bits per heavy atom. The first-order chi connectivity index (χ1) is 13.9. The third-order valence-corrected chi connectivity index (χ3v) is 5.57. The van der Waals surface area contributed by atoms with Gasteiger partial charge in [-0.05, 0) is 45.2 Å². The molecule has 1 saturated carbocycles. The van der Waals surface area contributed by atoms with Gasteiger partial charge in [-0.25, -0.2) is 14.8 Å². The van der Waals surface area contributed by atoms with Crippen LogP contribution in [0.25, 0.3) is 0 Å². The maximum absolute atomic E-state index is 12.1. The molecule has 4 rings (SSSR count). The number of rotatable bonds is 5. The van der Waals surface area contributed by atoms with Gasteiger partial charge in [0, 0.05) is 19.1 Å². The minimum Gasteiger partial charge on any atom is -0.367 e. The molecule has 2 atom stereocenters. The second-order valence-corrected chi connectivity index (χ2v) is 7.64. The summed E-state index contributed by atoms with van der Waals surface area (Å²) in [7, 11) is 1.49. The van der Waals surface area contributed by atoms with Crippen molar-refractivity contribution in [3.05, 3.63) is 35.9 Å². The molecular formula is C20H25N7O2. The van der Waals surface area contributed by atoms with E-state index in [4.69, 9.17) is 0 Å². The number of hydrogen-bond donors (Lipinski definition) is 2. The molecule has 0 aromatic carbocycles. The minimum atomic E-state index is -0.323. The van der Waals surface area contributed by atoms with Gasteiger partial charge in [-0.2, -0.15) is 0 Å². The van der Waals surface area contributed by atoms with Gasteiger partial charge in [0.1, 0.15) is 18.2 Å². The van der Waals surface area contributed by atoms with Gasteiger partial charge in [-0.15, -0.1) is 0 Å². The van der Waals surface area contributed by atoms with Crippen LogP contribution in [0, 0.1) is 13.8 Å². The third kappa shape index (κ3) is 3.98. The highest BCUT2D eigenvalue weighted by atomic mass is 16.2. The number of nitrogens with one attached hydrogen (secondary N) is 2. The lowest BCUT2D eigenvalue weighted by atomic mass is 10.2. The van der Waals surface area contributed by atoms with Crippen LogP contribution in [-0.2, 0) is 4.79 Å². The van der Waals surface area contributed by atoms with Crippen LogP contribution >= 0.6 is 0 Å². The molecule has 1 saturated heterocycles. The number of amides is 3. The van der Waals surface area contributed by atoms with E-state index in [0.29, 0.717) is 17.8 Å². The summed E-state index contributed by atoms with van der Waals surface area (Å²) in [6.45, 7) is 3.97. The van der Waals surface area contributed by atoms with E-state index in [-0.39, 0.29) is 18.5 Å². The Morgan fingerprint density at radius 3 is 2.28 bits per heavy atom. The molecule has 0 spiro atoms. The summed E-state index contributed by atoms with van der Waals surface area (Å²) < 4.78 is 0. The fourth-order valence-electron chi connectivity index (χ4n) is 3.70. The summed E-state index contributed by atoms with van der Waals surface area (Å²) in [5, 5.41) is 6.92. The lowest BCUT2D eigenvalue weighted by molar-refractivity contribution is -0.123. The van der Waals surface area contributed by atoms with Crippen LogP contribution < -0.4 is 15.5 Å². The zero-order chi connectivity index (χ0) is 20.5. The Labute approximate surface area is 169 Å². The van der Waals surface area contributed by atoms with Crippen molar-refractivity contribution in [2.75, 3.05) is 29.1 Å². The number of aromatic nitrogens is 3. The number of anilines is 3. The fraction of sp³-hybridized carbons (Fsp3) is 0.450. The normalized spacial score (nSPS) is 21.8. The lowest BCUT2D eigenvalue weighted by Gasteiger charge is -2.17. The Bertz CT molecular complexity index is 931. The van der Waals surface area contributed by atoms with Gasteiger partial charge in [-0.1, -0.05) is 0 Å². The molecule has 0 unspecified atom stereocenters. The molecule has 3 amide bonds. The molecular weight excluding hydrogens is 370 g/mol. The number of urea groups is 1. The van der Waals surface area contributed by atoms with Gasteiger partial charge in [0.05, 0.1) is 29.5 Å². The molecule has 9 nitrogen and oxygen atoms in total. The zero-order valence-corrected chi connectivity index (χ0v) is 16.8. The van der Waals surface area contributed by atoms with Crippen LogP contribution in [0.5, 0.6) is 0 Å². The van der Waals surface area contributed by atoms with E-state index >= 15 is 0 Å². The van der Waals surface area contributed by atoms with Crippen LogP contribution in [0.3, 0.4) is 0 Å². The van der Waals surface area contributed by atoms with E-state index < -0.39 is 0 Å². The Kier molecular flexibility index (Phi) is 5.04. The Hall–Kier alpha value is -3.23. The first-order valence-corrected chi connectivity index (χ1v) is 9.78. The molecule has 152 valence electrons. The average Bonchev–Trinajstić information content (AvgIpc) is 3.25. The minimum absolute atomic E-state index is 0.0567. The maximum atomic E-state index is 12.1. The van der Waals surface area contributed by atoms with Crippen LogP contribution in [0.15, 0.2) is 24.5 Å². The van der Waals surface area contributed by atoms with Crippen molar-refractivity contribution >= 4 is 29.3 Å². The molecule has 2 aromatic rings. The second-order valence-electron chi connectivity index (χ2n) is 7.64. The van der Waals surface area contributed by atoms with Gasteiger partial charge in [0.15, 0.2) is 0 Å². The molecule has 9 heteroatoms. The summed E-state index contributed by atoms with van der Waals surface area (Å²) in [5.41, 5.74) is 2.51. The van der Waals surface area contributed by atoms with E-state index in [0.717, 1.165) is 47.2 Å². The van der Waals surface area contributed by atoms with E-state index in [2.05, 4.69) is 25.6 Å². The first kappa shape index (κ1) is 19.1. The number of hydrogen-bond acceptors (Lipinski definition) is 7. The number of aryl methyl sites for hydroxylation is 2. The number of carbonyl (C=O) groups is 2. The lowest BCUT2D eigenvalue weighted by Crippen LogP contribution is -2.29. The van der Waals surface area contributed by atoms with Crippen molar-refractivity contribution in [3.8, 4) is 0 Å². The third-order valence-electron chi connectivity index (χ3n) is 5.57. The van der Waals surface area contributed by atoms with Gasteiger partial charge in [0.2, 0.25) is 5.91 Å². The fourth-order valence-corrected chi connectivity index (χ4v) is 3.70. The molecule has 2 N–H and O–H groups in total. The number of pyridine rings is 1. The summed E-state index contributed by atoms with van der Waals surface area (Å²) in [6, 6.07) is 3.99. The summed E-state index contributed by atoms with van der Waals surface area (Å²) >= 11 is 0. The van der Waals surface area contributed by atoms with Gasteiger partial charge >= 0.3 is 6.03 Å². The van der Waals surface area contributed by atoms with E-state index in [1.54, 1.807) is 12.4 Å². The Morgan fingerprint density at radius 1 is 0.966 bits per heavy atom. The van der Waals surface area contributed by atoms with Crippen molar-refractivity contribution in [2.45, 2.75) is 45.2 Å². The van der Waals surface area contributed by atoms with Crippen molar-refractivity contribution in [2.24, 2.45) is 0 Å². The highest BCUT2D eigenvalue weighted by Crippen LogP contribution is 2.26. The highest BCUT2D eigenvalue weighted by molar-refractivity contribution is 6.11. The van der Waals surface area contributed by atoms with E-state index in [1.165, 1.54) is 11.9 Å². The standard InChI is InChI=1S/C20H25N7O2/c1-12-13(2)23-18(10-21-12)25-15-5-4-14(8-15)24-17-7-6-16(9-22-17)27-11-19(28)26(3)20(27)29/h6-7,9-10,14-15H,4-5,8,11H2,1-3H3,(H,22,24)(H,23,25)/t14-,15-/m0/s1. The van der Waals surface area contributed by atoms with Crippen molar-refractivity contribution in [1.82, 2.24) is 19.9 Å².